The molecule has 30 heavy (non-hydrogen) atoms. The first-order valence-electron chi connectivity index (χ1n) is 8.97. The quantitative estimate of drug-likeness (QED) is 0.329. The van der Waals surface area contributed by atoms with Gasteiger partial charge in [-0.1, -0.05) is 29.3 Å². The van der Waals surface area contributed by atoms with Crippen molar-refractivity contribution in [1.29, 1.82) is 0 Å². The second kappa shape index (κ2) is 7.75. The minimum absolute atomic E-state index is 0.251. The number of benzene rings is 2. The third kappa shape index (κ3) is 3.35. The Bertz CT molecular complexity index is 1380. The van der Waals surface area contributed by atoms with Gasteiger partial charge in [0.2, 0.25) is 0 Å². The number of methoxy groups -OCH3 is 1. The Morgan fingerprint density at radius 2 is 2.00 bits per heavy atom. The topological polar surface area (TPSA) is 61.5 Å². The van der Waals surface area contributed by atoms with Crippen LogP contribution in [-0.2, 0) is 6.61 Å². The van der Waals surface area contributed by atoms with E-state index in [-0.39, 0.29) is 6.61 Å². The van der Waals surface area contributed by atoms with E-state index in [9.17, 15) is 0 Å². The standard InChI is InChI=1S/C21H14Cl2N4O2S/c1-28-16-6-5-12(9-13(16)10-29-17-4-2-3-15(22)18(17)23)19-25-20-14-7-8-30-21(14)24-11-27(20)26-19/h2-9,11H,10H2,1H3. The maximum Gasteiger partial charge on any atom is 0.182 e. The summed E-state index contributed by atoms with van der Waals surface area (Å²) in [6.45, 7) is 0.251. The van der Waals surface area contributed by atoms with Crippen LogP contribution in [0, 0.1) is 0 Å². The van der Waals surface area contributed by atoms with Crippen molar-refractivity contribution < 1.29 is 9.47 Å². The molecule has 3 heterocycles. The molecule has 0 N–H and O–H groups in total. The summed E-state index contributed by atoms with van der Waals surface area (Å²) < 4.78 is 13.1. The molecule has 5 rings (SSSR count). The lowest BCUT2D eigenvalue weighted by Crippen LogP contribution is -2.00. The Labute approximate surface area is 185 Å². The summed E-state index contributed by atoms with van der Waals surface area (Å²) in [5, 5.41) is 8.38. The number of rotatable bonds is 5. The normalized spacial score (nSPS) is 11.3. The highest BCUT2D eigenvalue weighted by atomic mass is 35.5. The Kier molecular flexibility index (Phi) is 4.94. The van der Waals surface area contributed by atoms with Gasteiger partial charge < -0.3 is 9.47 Å². The smallest absolute Gasteiger partial charge is 0.182 e. The molecule has 0 aliphatic carbocycles. The van der Waals surface area contributed by atoms with Gasteiger partial charge in [-0.15, -0.1) is 16.4 Å². The number of halogens is 2. The molecule has 2 aromatic carbocycles. The minimum Gasteiger partial charge on any atom is -0.496 e. The molecule has 6 nitrogen and oxygen atoms in total. The van der Waals surface area contributed by atoms with Crippen molar-refractivity contribution in [3.63, 3.8) is 0 Å². The molecule has 0 aliphatic heterocycles. The van der Waals surface area contributed by atoms with E-state index in [0.29, 0.717) is 27.4 Å². The Morgan fingerprint density at radius 3 is 2.87 bits per heavy atom. The Balaban J connectivity index is 1.51. The van der Waals surface area contributed by atoms with Gasteiger partial charge in [-0.05, 0) is 41.8 Å². The van der Waals surface area contributed by atoms with Crippen molar-refractivity contribution in [1.82, 2.24) is 19.6 Å². The number of thiophene rings is 1. The average molecular weight is 457 g/mol. The summed E-state index contributed by atoms with van der Waals surface area (Å²) in [5.74, 6) is 1.80. The molecule has 0 atom stereocenters. The van der Waals surface area contributed by atoms with E-state index in [1.165, 1.54) is 0 Å². The molecular weight excluding hydrogens is 443 g/mol. The molecule has 3 aromatic heterocycles. The predicted molar refractivity (Wildman–Crippen MR) is 119 cm³/mol. The molecule has 0 saturated heterocycles. The summed E-state index contributed by atoms with van der Waals surface area (Å²) in [7, 11) is 1.62. The van der Waals surface area contributed by atoms with Crippen LogP contribution in [0.3, 0.4) is 0 Å². The van der Waals surface area contributed by atoms with E-state index in [2.05, 4.69) is 10.1 Å². The van der Waals surface area contributed by atoms with Crippen LogP contribution in [0.1, 0.15) is 5.56 Å². The molecule has 0 bridgehead atoms. The zero-order valence-electron chi connectivity index (χ0n) is 15.7. The number of aromatic nitrogens is 4. The van der Waals surface area contributed by atoms with Crippen molar-refractivity contribution in [2.24, 2.45) is 0 Å². The molecule has 9 heteroatoms. The maximum atomic E-state index is 6.23. The van der Waals surface area contributed by atoms with Crippen LogP contribution < -0.4 is 9.47 Å². The monoisotopic (exact) mass is 456 g/mol. The molecule has 0 unspecified atom stereocenters. The molecule has 150 valence electrons. The SMILES string of the molecule is COc1ccc(-c2nc3c4ccsc4ncn3n2)cc1COc1cccc(Cl)c1Cl. The van der Waals surface area contributed by atoms with Crippen LogP contribution in [0.2, 0.25) is 10.0 Å². The third-order valence-electron chi connectivity index (χ3n) is 4.64. The van der Waals surface area contributed by atoms with Crippen LogP contribution in [0.4, 0.5) is 0 Å². The number of hydrogen-bond acceptors (Lipinski definition) is 6. The van der Waals surface area contributed by atoms with Gasteiger partial charge in [0.05, 0.1) is 17.5 Å². The van der Waals surface area contributed by atoms with Gasteiger partial charge in [0.25, 0.3) is 0 Å². The predicted octanol–water partition coefficient (Wildman–Crippen LogP) is 5.90. The summed E-state index contributed by atoms with van der Waals surface area (Å²) in [6.07, 6.45) is 1.68. The second-order valence-corrected chi connectivity index (χ2v) is 8.13. The molecule has 0 saturated carbocycles. The largest absolute Gasteiger partial charge is 0.496 e. The summed E-state index contributed by atoms with van der Waals surface area (Å²) >= 11 is 13.9. The van der Waals surface area contributed by atoms with Crippen LogP contribution in [0.5, 0.6) is 11.5 Å². The third-order valence-corrected chi connectivity index (χ3v) is 6.26. The highest BCUT2D eigenvalue weighted by molar-refractivity contribution is 7.16. The van der Waals surface area contributed by atoms with Gasteiger partial charge in [-0.25, -0.2) is 14.5 Å². The Hall–Kier alpha value is -2.87. The van der Waals surface area contributed by atoms with Crippen molar-refractivity contribution in [3.05, 3.63) is 69.8 Å². The first-order valence-corrected chi connectivity index (χ1v) is 10.6. The fourth-order valence-electron chi connectivity index (χ4n) is 3.17. The molecule has 5 aromatic rings. The van der Waals surface area contributed by atoms with Gasteiger partial charge in [0, 0.05) is 11.1 Å². The van der Waals surface area contributed by atoms with Gasteiger partial charge >= 0.3 is 0 Å². The van der Waals surface area contributed by atoms with E-state index in [0.717, 1.165) is 27.0 Å². The van der Waals surface area contributed by atoms with E-state index in [1.807, 2.05) is 29.6 Å². The van der Waals surface area contributed by atoms with Gasteiger partial charge in [-0.2, -0.15) is 0 Å². The number of nitrogens with zero attached hydrogens (tertiary/aromatic N) is 4. The maximum absolute atomic E-state index is 6.23. The fraction of sp³-hybridized carbons (Fsp3) is 0.0952. The fourth-order valence-corrected chi connectivity index (χ4v) is 4.24. The number of hydrogen-bond donors (Lipinski definition) is 0. The van der Waals surface area contributed by atoms with Gasteiger partial charge in [0.15, 0.2) is 11.5 Å². The van der Waals surface area contributed by atoms with Gasteiger partial charge in [0.1, 0.15) is 34.3 Å². The summed E-state index contributed by atoms with van der Waals surface area (Å²) in [5.41, 5.74) is 2.46. The van der Waals surface area contributed by atoms with Crippen LogP contribution >= 0.6 is 34.5 Å². The summed E-state index contributed by atoms with van der Waals surface area (Å²) in [4.78, 5) is 10.1. The number of ether oxygens (including phenoxy) is 2. The number of fused-ring (bicyclic) bond motifs is 3. The van der Waals surface area contributed by atoms with E-state index in [1.54, 1.807) is 47.5 Å². The zero-order valence-corrected chi connectivity index (χ0v) is 18.0. The molecule has 0 fully saturated rings. The van der Waals surface area contributed by atoms with Crippen molar-refractivity contribution in [2.75, 3.05) is 7.11 Å². The van der Waals surface area contributed by atoms with Crippen LogP contribution in [0.15, 0.2) is 54.2 Å². The second-order valence-electron chi connectivity index (χ2n) is 6.45. The van der Waals surface area contributed by atoms with Crippen molar-refractivity contribution in [2.45, 2.75) is 6.61 Å². The first-order chi connectivity index (χ1) is 14.6. The van der Waals surface area contributed by atoms with E-state index in [4.69, 9.17) is 37.7 Å². The molecule has 0 aliphatic rings. The molecule has 0 radical (unpaired) electrons. The lowest BCUT2D eigenvalue weighted by atomic mass is 10.1. The van der Waals surface area contributed by atoms with E-state index >= 15 is 0 Å². The highest BCUT2D eigenvalue weighted by Gasteiger charge is 2.14. The minimum atomic E-state index is 0.251. The first kappa shape index (κ1) is 19.1. The Morgan fingerprint density at radius 1 is 1.10 bits per heavy atom. The molecular formula is C21H14Cl2N4O2S. The molecule has 0 amide bonds. The summed E-state index contributed by atoms with van der Waals surface area (Å²) in [6, 6.07) is 13.0. The lowest BCUT2D eigenvalue weighted by Gasteiger charge is -2.12. The van der Waals surface area contributed by atoms with Gasteiger partial charge in [-0.3, -0.25) is 0 Å². The van der Waals surface area contributed by atoms with E-state index < -0.39 is 0 Å². The highest BCUT2D eigenvalue weighted by Crippen LogP contribution is 2.33. The molecule has 0 spiro atoms. The average Bonchev–Trinajstić information content (AvgIpc) is 3.41. The van der Waals surface area contributed by atoms with Crippen molar-refractivity contribution >= 4 is 50.4 Å². The lowest BCUT2D eigenvalue weighted by molar-refractivity contribution is 0.297. The zero-order chi connectivity index (χ0) is 20.7. The van der Waals surface area contributed by atoms with Crippen molar-refractivity contribution in [3.8, 4) is 22.9 Å². The van der Waals surface area contributed by atoms with Crippen LogP contribution in [-0.4, -0.2) is 26.7 Å². The van der Waals surface area contributed by atoms with Crippen LogP contribution in [0.25, 0.3) is 27.3 Å².